The second-order valence-corrected chi connectivity index (χ2v) is 6.55. The maximum atomic E-state index is 11.8. The van der Waals surface area contributed by atoms with Crippen LogP contribution in [0.2, 0.25) is 10.0 Å². The minimum Gasteiger partial charge on any atom is -0.492 e. The number of rotatable bonds is 7. The lowest BCUT2D eigenvalue weighted by molar-refractivity contribution is -0.129. The van der Waals surface area contributed by atoms with Crippen LogP contribution in [0.25, 0.3) is 0 Å². The van der Waals surface area contributed by atoms with E-state index in [1.165, 1.54) is 0 Å². The average molecular weight is 399 g/mol. The summed E-state index contributed by atoms with van der Waals surface area (Å²) in [6.07, 6.45) is 0.670. The number of aromatic nitrogens is 2. The summed E-state index contributed by atoms with van der Waals surface area (Å²) in [7, 11) is 0. The van der Waals surface area contributed by atoms with Crippen LogP contribution in [0.4, 0.5) is 0 Å². The predicted molar refractivity (Wildman–Crippen MR) is 99.2 cm³/mol. The van der Waals surface area contributed by atoms with E-state index in [1.807, 2.05) is 19.9 Å². The molecule has 2 rings (SSSR count). The number of amides is 2. The Labute approximate surface area is 161 Å². The second-order valence-electron chi connectivity index (χ2n) is 5.71. The molecule has 9 heteroatoms. The van der Waals surface area contributed by atoms with Gasteiger partial charge in [-0.05, 0) is 44.5 Å². The maximum absolute atomic E-state index is 11.8. The number of hydrogen-bond acceptors (Lipinski definition) is 4. The summed E-state index contributed by atoms with van der Waals surface area (Å²) in [6.45, 7) is 4.06. The lowest BCUT2D eigenvalue weighted by Crippen LogP contribution is -2.43. The largest absolute Gasteiger partial charge is 0.492 e. The number of benzene rings is 1. The minimum absolute atomic E-state index is 0.0398. The van der Waals surface area contributed by atoms with Crippen molar-refractivity contribution in [1.82, 2.24) is 20.6 Å². The van der Waals surface area contributed by atoms with Gasteiger partial charge in [0.1, 0.15) is 12.3 Å². The molecule has 0 aliphatic heterocycles. The average Bonchev–Trinajstić information content (AvgIpc) is 2.88. The topological polar surface area (TPSA) is 85.2 Å². The molecule has 0 radical (unpaired) electrons. The third-order valence-corrected chi connectivity index (χ3v) is 3.97. The zero-order chi connectivity index (χ0) is 19.1. The Morgan fingerprint density at radius 3 is 2.54 bits per heavy atom. The molecule has 1 aromatic carbocycles. The Morgan fingerprint density at radius 2 is 1.88 bits per heavy atom. The predicted octanol–water partition coefficient (Wildman–Crippen LogP) is 2.81. The molecule has 7 nitrogen and oxygen atoms in total. The van der Waals surface area contributed by atoms with Crippen molar-refractivity contribution in [1.29, 1.82) is 0 Å². The van der Waals surface area contributed by atoms with E-state index in [9.17, 15) is 9.59 Å². The van der Waals surface area contributed by atoms with Crippen LogP contribution in [0.3, 0.4) is 0 Å². The van der Waals surface area contributed by atoms with Gasteiger partial charge in [-0.3, -0.25) is 25.1 Å². The first-order valence-corrected chi connectivity index (χ1v) is 8.77. The zero-order valence-corrected chi connectivity index (χ0v) is 16.0. The molecule has 0 atom stereocenters. The van der Waals surface area contributed by atoms with Gasteiger partial charge in [-0.25, -0.2) is 0 Å². The summed E-state index contributed by atoms with van der Waals surface area (Å²) < 4.78 is 7.06. The van der Waals surface area contributed by atoms with Crippen molar-refractivity contribution in [2.24, 2.45) is 0 Å². The van der Waals surface area contributed by atoms with Gasteiger partial charge in [0, 0.05) is 17.1 Å². The molecule has 0 unspecified atom stereocenters. The van der Waals surface area contributed by atoms with E-state index in [1.54, 1.807) is 22.9 Å². The fourth-order valence-electron chi connectivity index (χ4n) is 2.22. The molecule has 0 saturated heterocycles. The van der Waals surface area contributed by atoms with Crippen molar-refractivity contribution in [3.63, 3.8) is 0 Å². The van der Waals surface area contributed by atoms with Crippen molar-refractivity contribution in [3.8, 4) is 5.75 Å². The molecule has 2 aromatic rings. The molecule has 0 aliphatic carbocycles. The van der Waals surface area contributed by atoms with Gasteiger partial charge >= 0.3 is 0 Å². The van der Waals surface area contributed by atoms with Gasteiger partial charge in [0.15, 0.2) is 0 Å². The van der Waals surface area contributed by atoms with Gasteiger partial charge in [0.2, 0.25) is 5.91 Å². The summed E-state index contributed by atoms with van der Waals surface area (Å²) in [4.78, 5) is 23.6. The smallest absolute Gasteiger partial charge is 0.260 e. The summed E-state index contributed by atoms with van der Waals surface area (Å²) in [6, 6.07) is 6.81. The monoisotopic (exact) mass is 398 g/mol. The highest BCUT2D eigenvalue weighted by atomic mass is 35.5. The summed E-state index contributed by atoms with van der Waals surface area (Å²) >= 11 is 11.8. The van der Waals surface area contributed by atoms with E-state index in [0.717, 1.165) is 11.4 Å². The fraction of sp³-hybridized carbons (Fsp3) is 0.353. The van der Waals surface area contributed by atoms with Crippen LogP contribution in [-0.4, -0.2) is 28.2 Å². The SMILES string of the molecule is Cc1cc(C)n(CC(=O)NNC(=O)CCCOc2ccc(Cl)cc2Cl)n1. The molecule has 0 fully saturated rings. The van der Waals surface area contributed by atoms with Crippen LogP contribution in [0.15, 0.2) is 24.3 Å². The molecule has 140 valence electrons. The van der Waals surface area contributed by atoms with Crippen LogP contribution >= 0.6 is 23.2 Å². The third-order valence-electron chi connectivity index (χ3n) is 3.44. The van der Waals surface area contributed by atoms with Gasteiger partial charge in [0.05, 0.1) is 17.3 Å². The summed E-state index contributed by atoms with van der Waals surface area (Å²) in [5, 5.41) is 5.13. The zero-order valence-electron chi connectivity index (χ0n) is 14.5. The van der Waals surface area contributed by atoms with E-state index in [4.69, 9.17) is 27.9 Å². The Bertz CT molecular complexity index is 792. The normalized spacial score (nSPS) is 10.5. The molecular weight excluding hydrogens is 379 g/mol. The Hall–Kier alpha value is -2.25. The number of hydrazine groups is 1. The van der Waals surface area contributed by atoms with E-state index >= 15 is 0 Å². The lowest BCUT2D eigenvalue weighted by atomic mass is 10.3. The number of hydrogen-bond donors (Lipinski definition) is 2. The Morgan fingerprint density at radius 1 is 1.15 bits per heavy atom. The van der Waals surface area contributed by atoms with Gasteiger partial charge in [-0.2, -0.15) is 5.10 Å². The van der Waals surface area contributed by atoms with Crippen molar-refractivity contribution in [2.45, 2.75) is 33.2 Å². The first-order chi connectivity index (χ1) is 12.3. The molecule has 2 N–H and O–H groups in total. The number of aryl methyl sites for hydroxylation is 2. The lowest BCUT2D eigenvalue weighted by Gasteiger charge is -2.10. The van der Waals surface area contributed by atoms with Crippen molar-refractivity contribution >= 4 is 35.0 Å². The second kappa shape index (κ2) is 9.45. The number of nitrogens with one attached hydrogen (secondary N) is 2. The molecule has 2 amide bonds. The molecule has 0 saturated carbocycles. The van der Waals surface area contributed by atoms with Crippen LogP contribution in [0, 0.1) is 13.8 Å². The van der Waals surface area contributed by atoms with Gasteiger partial charge in [0.25, 0.3) is 5.91 Å². The molecule has 1 aromatic heterocycles. The first kappa shape index (κ1) is 20.1. The molecule has 0 bridgehead atoms. The standard InChI is InChI=1S/C17H20Cl2N4O3/c1-11-8-12(2)23(22-11)10-17(25)21-20-16(24)4-3-7-26-15-6-5-13(18)9-14(15)19/h5-6,8-9H,3-4,7,10H2,1-2H3,(H,20,24)(H,21,25). The molecule has 0 spiro atoms. The molecular formula is C17H20Cl2N4O3. The number of carbonyl (C=O) groups is 2. The van der Waals surface area contributed by atoms with E-state index in [2.05, 4.69) is 16.0 Å². The molecule has 0 aliphatic rings. The molecule has 26 heavy (non-hydrogen) atoms. The highest BCUT2D eigenvalue weighted by Gasteiger charge is 2.09. The number of halogens is 2. The summed E-state index contributed by atoms with van der Waals surface area (Å²) in [5.41, 5.74) is 6.44. The van der Waals surface area contributed by atoms with E-state index < -0.39 is 0 Å². The van der Waals surface area contributed by atoms with Crippen molar-refractivity contribution < 1.29 is 14.3 Å². The van der Waals surface area contributed by atoms with Crippen LogP contribution < -0.4 is 15.6 Å². The quantitative estimate of drug-likeness (QED) is 0.554. The third kappa shape index (κ3) is 6.24. The van der Waals surface area contributed by atoms with Crippen molar-refractivity contribution in [2.75, 3.05) is 6.61 Å². The Kier molecular flexibility index (Phi) is 7.29. The fourth-order valence-corrected chi connectivity index (χ4v) is 2.68. The number of ether oxygens (including phenoxy) is 1. The number of carbonyl (C=O) groups excluding carboxylic acids is 2. The van der Waals surface area contributed by atoms with E-state index in [0.29, 0.717) is 28.8 Å². The van der Waals surface area contributed by atoms with E-state index in [-0.39, 0.29) is 24.8 Å². The van der Waals surface area contributed by atoms with Gasteiger partial charge in [-0.15, -0.1) is 0 Å². The molecule has 1 heterocycles. The first-order valence-electron chi connectivity index (χ1n) is 8.01. The summed E-state index contributed by atoms with van der Waals surface area (Å²) in [5.74, 6) is -0.152. The number of nitrogens with zero attached hydrogens (tertiary/aromatic N) is 2. The van der Waals surface area contributed by atoms with Crippen molar-refractivity contribution in [3.05, 3.63) is 45.7 Å². The Balaban J connectivity index is 1.64. The van der Waals surface area contributed by atoms with Crippen LogP contribution in [0.5, 0.6) is 5.75 Å². The minimum atomic E-state index is -0.353. The highest BCUT2D eigenvalue weighted by Crippen LogP contribution is 2.27. The van der Waals surface area contributed by atoms with Crippen LogP contribution in [-0.2, 0) is 16.1 Å². The maximum Gasteiger partial charge on any atom is 0.260 e. The van der Waals surface area contributed by atoms with Gasteiger partial charge in [-0.1, -0.05) is 23.2 Å². The van der Waals surface area contributed by atoms with Crippen LogP contribution in [0.1, 0.15) is 24.2 Å². The van der Waals surface area contributed by atoms with Gasteiger partial charge < -0.3 is 4.74 Å². The highest BCUT2D eigenvalue weighted by molar-refractivity contribution is 6.35.